The fourth-order valence-corrected chi connectivity index (χ4v) is 2.11. The van der Waals surface area contributed by atoms with Gasteiger partial charge in [-0.25, -0.2) is 4.39 Å². The maximum absolute atomic E-state index is 12.9. The molecule has 0 aliphatic heterocycles. The maximum atomic E-state index is 12.9. The minimum Gasteiger partial charge on any atom is -0.309 e. The lowest BCUT2D eigenvalue weighted by Gasteiger charge is -2.09. The second kappa shape index (κ2) is 6.48. The fraction of sp³-hybridized carbons (Fsp3) is 0.294. The summed E-state index contributed by atoms with van der Waals surface area (Å²) in [5.74, 6) is -0.191. The van der Waals surface area contributed by atoms with E-state index >= 15 is 0 Å². The van der Waals surface area contributed by atoms with Crippen molar-refractivity contribution in [2.24, 2.45) is 0 Å². The van der Waals surface area contributed by atoms with Crippen LogP contribution in [0.5, 0.6) is 0 Å². The highest BCUT2D eigenvalue weighted by Gasteiger charge is 1.99. The van der Waals surface area contributed by atoms with E-state index in [4.69, 9.17) is 0 Å². The first kappa shape index (κ1) is 13.8. The van der Waals surface area contributed by atoms with Crippen LogP contribution in [0.1, 0.15) is 12.0 Å². The fourth-order valence-electron chi connectivity index (χ4n) is 2.11. The number of halogens is 1. The van der Waals surface area contributed by atoms with Crippen LogP contribution in [-0.2, 0) is 6.42 Å². The van der Waals surface area contributed by atoms with Gasteiger partial charge in [0.1, 0.15) is 5.82 Å². The summed E-state index contributed by atoms with van der Waals surface area (Å²) in [6.07, 6.45) is 2.27. The van der Waals surface area contributed by atoms with Gasteiger partial charge in [-0.05, 0) is 62.3 Å². The minimum absolute atomic E-state index is 0.191. The smallest absolute Gasteiger partial charge is 0.123 e. The Labute approximate surface area is 114 Å². The predicted molar refractivity (Wildman–Crippen MR) is 78.7 cm³/mol. The summed E-state index contributed by atoms with van der Waals surface area (Å²) in [6, 6.07) is 15.2. The molecule has 0 radical (unpaired) electrons. The molecule has 0 spiro atoms. The topological polar surface area (TPSA) is 3.24 Å². The van der Waals surface area contributed by atoms with Gasteiger partial charge in [-0.3, -0.25) is 0 Å². The van der Waals surface area contributed by atoms with Crippen LogP contribution < -0.4 is 0 Å². The molecule has 2 heteroatoms. The lowest BCUT2D eigenvalue weighted by Crippen LogP contribution is -2.13. The van der Waals surface area contributed by atoms with Gasteiger partial charge in [0.05, 0.1) is 0 Å². The molecule has 1 nitrogen and oxygen atoms in total. The summed E-state index contributed by atoms with van der Waals surface area (Å²) < 4.78 is 12.9. The van der Waals surface area contributed by atoms with Gasteiger partial charge >= 0.3 is 0 Å². The lowest BCUT2D eigenvalue weighted by atomic mass is 10.0. The molecule has 2 aromatic carbocycles. The number of rotatable bonds is 5. The van der Waals surface area contributed by atoms with Crippen LogP contribution in [0.2, 0.25) is 0 Å². The molecule has 2 aromatic rings. The normalized spacial score (nSPS) is 10.9. The molecule has 0 N–H and O–H groups in total. The molecule has 0 aliphatic rings. The van der Waals surface area contributed by atoms with Gasteiger partial charge in [-0.1, -0.05) is 36.4 Å². The van der Waals surface area contributed by atoms with E-state index in [2.05, 4.69) is 43.3 Å². The molecular weight excluding hydrogens is 237 g/mol. The average Bonchev–Trinajstić information content (AvgIpc) is 2.40. The summed E-state index contributed by atoms with van der Waals surface area (Å²) in [4.78, 5) is 2.20. The van der Waals surface area contributed by atoms with Crippen LogP contribution in [0, 0.1) is 5.82 Å². The molecule has 19 heavy (non-hydrogen) atoms. The Balaban J connectivity index is 2.00. The van der Waals surface area contributed by atoms with E-state index in [1.165, 1.54) is 24.1 Å². The Hall–Kier alpha value is -1.67. The van der Waals surface area contributed by atoms with Gasteiger partial charge < -0.3 is 4.90 Å². The SMILES string of the molecule is CN(C)CCCc1ccc(-c2ccc(F)cc2)cc1. The molecule has 0 unspecified atom stereocenters. The van der Waals surface area contributed by atoms with E-state index in [-0.39, 0.29) is 5.82 Å². The van der Waals surface area contributed by atoms with Gasteiger partial charge in [0.2, 0.25) is 0 Å². The third kappa shape index (κ3) is 4.18. The number of benzene rings is 2. The van der Waals surface area contributed by atoms with Crippen LogP contribution in [0.3, 0.4) is 0 Å². The zero-order valence-electron chi connectivity index (χ0n) is 11.6. The standard InChI is InChI=1S/C17H20FN/c1-19(2)13-3-4-14-5-7-15(8-6-14)16-9-11-17(18)12-10-16/h5-12H,3-4,13H2,1-2H3. The maximum Gasteiger partial charge on any atom is 0.123 e. The molecule has 0 atom stereocenters. The molecule has 0 heterocycles. The Bertz CT molecular complexity index is 500. The second-order valence-corrected chi connectivity index (χ2v) is 5.11. The predicted octanol–water partition coefficient (Wildman–Crippen LogP) is 3.99. The quantitative estimate of drug-likeness (QED) is 0.783. The summed E-state index contributed by atoms with van der Waals surface area (Å²) in [7, 11) is 4.19. The largest absolute Gasteiger partial charge is 0.309 e. The molecule has 0 aromatic heterocycles. The van der Waals surface area contributed by atoms with Gasteiger partial charge in [0.15, 0.2) is 0 Å². The number of nitrogens with zero attached hydrogens (tertiary/aromatic N) is 1. The van der Waals surface area contributed by atoms with Crippen molar-refractivity contribution in [1.82, 2.24) is 4.90 Å². The van der Waals surface area contributed by atoms with Gasteiger partial charge in [-0.2, -0.15) is 0 Å². The molecule has 0 aliphatic carbocycles. The van der Waals surface area contributed by atoms with Crippen molar-refractivity contribution in [3.63, 3.8) is 0 Å². The third-order valence-electron chi connectivity index (χ3n) is 3.20. The summed E-state index contributed by atoms with van der Waals surface area (Å²) in [5, 5.41) is 0. The Morgan fingerprint density at radius 2 is 1.37 bits per heavy atom. The number of hydrogen-bond donors (Lipinski definition) is 0. The molecule has 0 amide bonds. The molecule has 100 valence electrons. The van der Waals surface area contributed by atoms with Crippen molar-refractivity contribution in [2.45, 2.75) is 12.8 Å². The van der Waals surface area contributed by atoms with Gasteiger partial charge in [0, 0.05) is 0 Å². The number of aryl methyl sites for hydroxylation is 1. The van der Waals surface area contributed by atoms with Gasteiger partial charge in [-0.15, -0.1) is 0 Å². The van der Waals surface area contributed by atoms with Crippen LogP contribution >= 0.6 is 0 Å². The summed E-state index contributed by atoms with van der Waals surface area (Å²) >= 11 is 0. The van der Waals surface area contributed by atoms with Crippen LogP contribution in [0.4, 0.5) is 4.39 Å². The number of hydrogen-bond acceptors (Lipinski definition) is 1. The first-order chi connectivity index (χ1) is 9.15. The first-order valence-corrected chi connectivity index (χ1v) is 6.65. The molecule has 0 bridgehead atoms. The van der Waals surface area contributed by atoms with E-state index in [0.29, 0.717) is 0 Å². The lowest BCUT2D eigenvalue weighted by molar-refractivity contribution is 0.400. The first-order valence-electron chi connectivity index (χ1n) is 6.65. The van der Waals surface area contributed by atoms with Crippen LogP contribution in [-0.4, -0.2) is 25.5 Å². The molecular formula is C17H20FN. The van der Waals surface area contributed by atoms with Crippen LogP contribution in [0.25, 0.3) is 11.1 Å². The van der Waals surface area contributed by atoms with Crippen molar-refractivity contribution in [1.29, 1.82) is 0 Å². The van der Waals surface area contributed by atoms with Crippen molar-refractivity contribution >= 4 is 0 Å². The van der Waals surface area contributed by atoms with E-state index in [1.807, 2.05) is 12.1 Å². The van der Waals surface area contributed by atoms with Crippen molar-refractivity contribution in [2.75, 3.05) is 20.6 Å². The van der Waals surface area contributed by atoms with Gasteiger partial charge in [0.25, 0.3) is 0 Å². The monoisotopic (exact) mass is 257 g/mol. The van der Waals surface area contributed by atoms with E-state index in [9.17, 15) is 4.39 Å². The van der Waals surface area contributed by atoms with E-state index in [1.54, 1.807) is 0 Å². The Morgan fingerprint density at radius 1 is 0.842 bits per heavy atom. The van der Waals surface area contributed by atoms with Crippen LogP contribution in [0.15, 0.2) is 48.5 Å². The zero-order valence-corrected chi connectivity index (χ0v) is 11.6. The van der Waals surface area contributed by atoms with E-state index in [0.717, 1.165) is 24.1 Å². The highest BCUT2D eigenvalue weighted by Crippen LogP contribution is 2.20. The minimum atomic E-state index is -0.191. The zero-order chi connectivity index (χ0) is 13.7. The Kier molecular flexibility index (Phi) is 4.69. The molecule has 0 saturated heterocycles. The highest BCUT2D eigenvalue weighted by molar-refractivity contribution is 5.63. The average molecular weight is 257 g/mol. The van der Waals surface area contributed by atoms with Crippen molar-refractivity contribution in [3.05, 3.63) is 59.9 Å². The molecule has 2 rings (SSSR count). The third-order valence-corrected chi connectivity index (χ3v) is 3.20. The van der Waals surface area contributed by atoms with E-state index < -0.39 is 0 Å². The molecule has 0 fully saturated rings. The highest BCUT2D eigenvalue weighted by atomic mass is 19.1. The van der Waals surface area contributed by atoms with Crippen molar-refractivity contribution in [3.8, 4) is 11.1 Å². The Morgan fingerprint density at radius 3 is 1.89 bits per heavy atom. The summed E-state index contributed by atoms with van der Waals surface area (Å²) in [6.45, 7) is 1.11. The molecule has 0 saturated carbocycles. The van der Waals surface area contributed by atoms with Crippen molar-refractivity contribution < 1.29 is 4.39 Å². The second-order valence-electron chi connectivity index (χ2n) is 5.11. The summed E-state index contributed by atoms with van der Waals surface area (Å²) in [5.41, 5.74) is 3.55.